The lowest BCUT2D eigenvalue weighted by atomic mass is 10.2. The molecule has 1 saturated carbocycles. The Morgan fingerprint density at radius 3 is 2.43 bits per heavy atom. The highest BCUT2D eigenvalue weighted by molar-refractivity contribution is 5.85. The minimum absolute atomic E-state index is 0. The Morgan fingerprint density at radius 2 is 1.90 bits per heavy atom. The molecule has 0 heterocycles. The van der Waals surface area contributed by atoms with Gasteiger partial charge in [0.1, 0.15) is 11.5 Å². The Kier molecular flexibility index (Phi) is 6.78. The van der Waals surface area contributed by atoms with Crippen molar-refractivity contribution in [1.82, 2.24) is 5.32 Å². The van der Waals surface area contributed by atoms with Gasteiger partial charge in [0, 0.05) is 12.6 Å². The van der Waals surface area contributed by atoms with Crippen LogP contribution in [0, 0.1) is 5.92 Å². The van der Waals surface area contributed by atoms with Crippen LogP contribution in [0.2, 0.25) is 0 Å². The fourth-order valence-corrected chi connectivity index (χ4v) is 1.97. The molecule has 0 spiro atoms. The van der Waals surface area contributed by atoms with Crippen molar-refractivity contribution in [3.63, 3.8) is 0 Å². The van der Waals surface area contributed by atoms with Crippen molar-refractivity contribution < 1.29 is 14.3 Å². The summed E-state index contributed by atoms with van der Waals surface area (Å²) in [6.07, 6.45) is 1.80. The van der Waals surface area contributed by atoms with E-state index in [4.69, 9.17) is 15.2 Å². The van der Waals surface area contributed by atoms with Crippen LogP contribution < -0.4 is 20.5 Å². The van der Waals surface area contributed by atoms with Crippen molar-refractivity contribution in [3.05, 3.63) is 24.3 Å². The summed E-state index contributed by atoms with van der Waals surface area (Å²) in [6, 6.07) is 7.20. The SMILES string of the molecule is COc1ccc(OC(C)C(=O)NCC(N)C2CC2)cc1.Cl. The number of carbonyl (C=O) groups excluding carboxylic acids is 1. The third-order valence-corrected chi connectivity index (χ3v) is 3.48. The highest BCUT2D eigenvalue weighted by Gasteiger charge is 2.28. The molecule has 5 nitrogen and oxygen atoms in total. The summed E-state index contributed by atoms with van der Waals surface area (Å²) in [5.74, 6) is 1.83. The standard InChI is InChI=1S/C15H22N2O3.ClH/c1-10(15(18)17-9-14(16)11-3-4-11)20-13-7-5-12(19-2)6-8-13;/h5-8,10-11,14H,3-4,9,16H2,1-2H3,(H,17,18);1H. The van der Waals surface area contributed by atoms with Gasteiger partial charge in [0.2, 0.25) is 0 Å². The van der Waals surface area contributed by atoms with Crippen LogP contribution in [0.4, 0.5) is 0 Å². The zero-order valence-electron chi connectivity index (χ0n) is 12.4. The van der Waals surface area contributed by atoms with Gasteiger partial charge in [0.15, 0.2) is 6.10 Å². The van der Waals surface area contributed by atoms with Gasteiger partial charge in [-0.3, -0.25) is 4.79 Å². The van der Waals surface area contributed by atoms with Gasteiger partial charge in [0.05, 0.1) is 7.11 Å². The van der Waals surface area contributed by atoms with Crippen molar-refractivity contribution in [3.8, 4) is 11.5 Å². The maximum atomic E-state index is 11.9. The van der Waals surface area contributed by atoms with Gasteiger partial charge in [-0.2, -0.15) is 0 Å². The first-order valence-electron chi connectivity index (χ1n) is 6.94. The molecule has 0 bridgehead atoms. The molecular weight excluding hydrogens is 292 g/mol. The lowest BCUT2D eigenvalue weighted by molar-refractivity contribution is -0.127. The van der Waals surface area contributed by atoms with E-state index in [1.807, 2.05) is 0 Å². The predicted molar refractivity (Wildman–Crippen MR) is 84.0 cm³/mol. The first-order valence-corrected chi connectivity index (χ1v) is 6.94. The zero-order chi connectivity index (χ0) is 14.5. The summed E-state index contributed by atoms with van der Waals surface area (Å²) in [7, 11) is 1.61. The molecule has 1 aliphatic rings. The molecule has 2 rings (SSSR count). The number of carbonyl (C=O) groups is 1. The van der Waals surface area contributed by atoms with Crippen LogP contribution in [-0.2, 0) is 4.79 Å². The normalized spacial score (nSPS) is 16.3. The second kappa shape index (κ2) is 8.10. The first-order chi connectivity index (χ1) is 9.60. The smallest absolute Gasteiger partial charge is 0.260 e. The number of methoxy groups -OCH3 is 1. The molecule has 1 aliphatic carbocycles. The lowest BCUT2D eigenvalue weighted by Crippen LogP contribution is -2.43. The highest BCUT2D eigenvalue weighted by atomic mass is 35.5. The second-order valence-electron chi connectivity index (χ2n) is 5.18. The van der Waals surface area contributed by atoms with Gasteiger partial charge >= 0.3 is 0 Å². The van der Waals surface area contributed by atoms with E-state index < -0.39 is 6.10 Å². The Bertz CT molecular complexity index is 449. The fourth-order valence-electron chi connectivity index (χ4n) is 1.97. The van der Waals surface area contributed by atoms with E-state index in [9.17, 15) is 4.79 Å². The van der Waals surface area contributed by atoms with Gasteiger partial charge in [-0.25, -0.2) is 0 Å². The van der Waals surface area contributed by atoms with Crippen LogP contribution in [-0.4, -0.2) is 31.7 Å². The number of rotatable bonds is 7. The van der Waals surface area contributed by atoms with Crippen LogP contribution in [0.5, 0.6) is 11.5 Å². The molecule has 0 saturated heterocycles. The number of nitrogens with two attached hydrogens (primary N) is 1. The molecule has 0 aromatic heterocycles. The van der Waals surface area contributed by atoms with Crippen molar-refractivity contribution in [2.75, 3.05) is 13.7 Å². The number of benzene rings is 1. The highest BCUT2D eigenvalue weighted by Crippen LogP contribution is 2.31. The van der Waals surface area contributed by atoms with Gasteiger partial charge in [-0.1, -0.05) is 0 Å². The predicted octanol–water partition coefficient (Wildman–Crippen LogP) is 1.74. The molecule has 6 heteroatoms. The van der Waals surface area contributed by atoms with Crippen molar-refractivity contribution in [1.29, 1.82) is 0 Å². The van der Waals surface area contributed by atoms with Gasteiger partial charge in [0.25, 0.3) is 5.91 Å². The molecule has 0 radical (unpaired) electrons. The summed E-state index contributed by atoms with van der Waals surface area (Å²) >= 11 is 0. The molecule has 118 valence electrons. The van der Waals surface area contributed by atoms with Crippen molar-refractivity contribution >= 4 is 18.3 Å². The Morgan fingerprint density at radius 1 is 1.33 bits per heavy atom. The number of halogens is 1. The number of hydrogen-bond donors (Lipinski definition) is 2. The molecular formula is C15H23ClN2O3. The summed E-state index contributed by atoms with van der Waals surface area (Å²) < 4.78 is 10.6. The lowest BCUT2D eigenvalue weighted by Gasteiger charge is -2.17. The molecule has 2 unspecified atom stereocenters. The van der Waals surface area contributed by atoms with E-state index in [1.165, 1.54) is 12.8 Å². The molecule has 0 aliphatic heterocycles. The number of ether oxygens (including phenoxy) is 2. The van der Waals surface area contributed by atoms with Crippen LogP contribution in [0.3, 0.4) is 0 Å². The minimum atomic E-state index is -0.546. The largest absolute Gasteiger partial charge is 0.497 e. The fraction of sp³-hybridized carbons (Fsp3) is 0.533. The van der Waals surface area contributed by atoms with E-state index in [0.29, 0.717) is 18.2 Å². The maximum absolute atomic E-state index is 11.9. The van der Waals surface area contributed by atoms with Crippen LogP contribution in [0.25, 0.3) is 0 Å². The quantitative estimate of drug-likeness (QED) is 0.804. The Balaban J connectivity index is 0.00000220. The summed E-state index contributed by atoms with van der Waals surface area (Å²) in [4.78, 5) is 11.9. The van der Waals surface area contributed by atoms with E-state index in [-0.39, 0.29) is 24.4 Å². The molecule has 1 aromatic carbocycles. The molecule has 1 aromatic rings. The molecule has 2 atom stereocenters. The van der Waals surface area contributed by atoms with E-state index >= 15 is 0 Å². The number of amides is 1. The molecule has 1 amide bonds. The van der Waals surface area contributed by atoms with Gasteiger partial charge in [-0.15, -0.1) is 12.4 Å². The molecule has 21 heavy (non-hydrogen) atoms. The molecule has 1 fully saturated rings. The van der Waals surface area contributed by atoms with E-state index in [2.05, 4.69) is 5.32 Å². The summed E-state index contributed by atoms with van der Waals surface area (Å²) in [5.41, 5.74) is 5.94. The second-order valence-corrected chi connectivity index (χ2v) is 5.18. The Labute approximate surface area is 131 Å². The maximum Gasteiger partial charge on any atom is 0.260 e. The summed E-state index contributed by atoms with van der Waals surface area (Å²) in [6.45, 7) is 2.24. The van der Waals surface area contributed by atoms with Crippen LogP contribution in [0.1, 0.15) is 19.8 Å². The monoisotopic (exact) mass is 314 g/mol. The van der Waals surface area contributed by atoms with Crippen LogP contribution in [0.15, 0.2) is 24.3 Å². The summed E-state index contributed by atoms with van der Waals surface area (Å²) in [5, 5.41) is 2.83. The first kappa shape index (κ1) is 17.6. The molecule has 3 N–H and O–H groups in total. The van der Waals surface area contributed by atoms with Crippen molar-refractivity contribution in [2.45, 2.75) is 31.9 Å². The third kappa shape index (κ3) is 5.44. The van der Waals surface area contributed by atoms with E-state index in [1.54, 1.807) is 38.3 Å². The Hall–Kier alpha value is -1.46. The van der Waals surface area contributed by atoms with E-state index in [0.717, 1.165) is 5.75 Å². The average Bonchev–Trinajstić information content (AvgIpc) is 3.29. The zero-order valence-corrected chi connectivity index (χ0v) is 13.2. The number of hydrogen-bond acceptors (Lipinski definition) is 4. The van der Waals surface area contributed by atoms with Crippen LogP contribution >= 0.6 is 12.4 Å². The van der Waals surface area contributed by atoms with Crippen molar-refractivity contribution in [2.24, 2.45) is 11.7 Å². The number of nitrogens with one attached hydrogen (secondary N) is 1. The minimum Gasteiger partial charge on any atom is -0.497 e. The topological polar surface area (TPSA) is 73.6 Å². The van der Waals surface area contributed by atoms with Gasteiger partial charge < -0.3 is 20.5 Å². The third-order valence-electron chi connectivity index (χ3n) is 3.48. The average molecular weight is 315 g/mol. The van der Waals surface area contributed by atoms with Gasteiger partial charge in [-0.05, 0) is 49.9 Å².